The van der Waals surface area contributed by atoms with Gasteiger partial charge in [0.25, 0.3) is 5.91 Å². The zero-order valence-corrected chi connectivity index (χ0v) is 23.9. The molecule has 0 atom stereocenters. The van der Waals surface area contributed by atoms with Crippen molar-refractivity contribution in [2.24, 2.45) is 0 Å². The highest BCUT2D eigenvalue weighted by atomic mass is 19.4. The fourth-order valence-electron chi connectivity index (χ4n) is 5.26. The number of carbonyl (C=O) groups excluding carboxylic acids is 1. The smallest absolute Gasteiger partial charge is 0.416 e. The molecular weight excluding hydrogens is 575 g/mol. The molecule has 0 spiro atoms. The monoisotopic (exact) mass is 607 g/mol. The van der Waals surface area contributed by atoms with Gasteiger partial charge >= 0.3 is 12.1 Å². The molecule has 0 radical (unpaired) electrons. The van der Waals surface area contributed by atoms with Crippen LogP contribution in [0.25, 0.3) is 11.1 Å². The van der Waals surface area contributed by atoms with Crippen molar-refractivity contribution in [1.29, 1.82) is 0 Å². The van der Waals surface area contributed by atoms with Gasteiger partial charge in [-0.15, -0.1) is 0 Å². The van der Waals surface area contributed by atoms with Crippen molar-refractivity contribution in [2.45, 2.75) is 64.1 Å². The van der Waals surface area contributed by atoms with E-state index in [1.54, 1.807) is 24.3 Å². The van der Waals surface area contributed by atoms with E-state index < -0.39 is 17.7 Å². The number of amides is 1. The first-order valence-corrected chi connectivity index (χ1v) is 14.4. The Labute approximate surface area is 252 Å². The molecular formula is C33H32F3N3O5. The van der Waals surface area contributed by atoms with Crippen LogP contribution in [-0.2, 0) is 35.6 Å². The number of ether oxygens (including phenoxy) is 1. The molecule has 230 valence electrons. The third-order valence-electron chi connectivity index (χ3n) is 7.53. The largest absolute Gasteiger partial charge is 0.476 e. The summed E-state index contributed by atoms with van der Waals surface area (Å²) in [5, 5.41) is 15.1. The molecule has 0 aliphatic heterocycles. The maximum absolute atomic E-state index is 13.6. The highest BCUT2D eigenvalue weighted by Crippen LogP contribution is 2.32. The zero-order chi connectivity index (χ0) is 31.1. The summed E-state index contributed by atoms with van der Waals surface area (Å²) in [5.41, 5.74) is 1.73. The van der Waals surface area contributed by atoms with Gasteiger partial charge in [-0.3, -0.25) is 9.63 Å². The number of benzene rings is 3. The van der Waals surface area contributed by atoms with Crippen LogP contribution in [0.2, 0.25) is 0 Å². The van der Waals surface area contributed by atoms with Crippen LogP contribution < -0.4 is 4.74 Å². The fraction of sp³-hybridized carbons (Fsp3) is 0.303. The van der Waals surface area contributed by atoms with Crippen LogP contribution in [0.3, 0.4) is 0 Å². The minimum atomic E-state index is -4.45. The number of carboxylic acids is 1. The topological polar surface area (TPSA) is 93.9 Å². The Kier molecular flexibility index (Phi) is 9.64. The number of rotatable bonds is 11. The third kappa shape index (κ3) is 7.65. The number of carboxylic acid groups (broad SMARTS) is 1. The average molecular weight is 608 g/mol. The lowest BCUT2D eigenvalue weighted by molar-refractivity contribution is -0.210. The van der Waals surface area contributed by atoms with Crippen LogP contribution in [0.5, 0.6) is 5.88 Å². The second-order valence-corrected chi connectivity index (χ2v) is 10.6. The Morgan fingerprint density at radius 1 is 0.909 bits per heavy atom. The van der Waals surface area contributed by atoms with Gasteiger partial charge in [-0.2, -0.15) is 18.3 Å². The van der Waals surface area contributed by atoms with Crippen LogP contribution in [0.15, 0.2) is 84.9 Å². The average Bonchev–Trinajstić information content (AvgIpc) is 3.43. The quantitative estimate of drug-likeness (QED) is 0.182. The molecule has 1 fully saturated rings. The number of nitrogens with zero attached hydrogens (tertiary/aromatic N) is 3. The van der Waals surface area contributed by atoms with E-state index in [2.05, 4.69) is 5.10 Å². The van der Waals surface area contributed by atoms with E-state index >= 15 is 0 Å². The first-order chi connectivity index (χ1) is 21.2. The van der Waals surface area contributed by atoms with Crippen LogP contribution in [0.1, 0.15) is 59.3 Å². The second kappa shape index (κ2) is 13.8. The third-order valence-corrected chi connectivity index (χ3v) is 7.53. The second-order valence-electron chi connectivity index (χ2n) is 10.6. The zero-order valence-electron chi connectivity index (χ0n) is 23.9. The van der Waals surface area contributed by atoms with Crippen LogP contribution in [-0.4, -0.2) is 37.9 Å². The van der Waals surface area contributed by atoms with Crippen LogP contribution >= 0.6 is 0 Å². The van der Waals surface area contributed by atoms with E-state index in [-0.39, 0.29) is 43.3 Å². The lowest BCUT2D eigenvalue weighted by Gasteiger charge is -2.33. The van der Waals surface area contributed by atoms with Gasteiger partial charge in [-0.25, -0.2) is 14.5 Å². The molecule has 4 aromatic rings. The molecule has 5 rings (SSSR count). The molecule has 1 amide bonds. The summed E-state index contributed by atoms with van der Waals surface area (Å²) in [4.78, 5) is 31.4. The Morgan fingerprint density at radius 3 is 2.27 bits per heavy atom. The van der Waals surface area contributed by atoms with Crippen molar-refractivity contribution in [2.75, 3.05) is 0 Å². The summed E-state index contributed by atoms with van der Waals surface area (Å²) in [6.07, 6.45) is 0.179. The predicted octanol–water partition coefficient (Wildman–Crippen LogP) is 7.14. The molecule has 8 nitrogen and oxygen atoms in total. The van der Waals surface area contributed by atoms with Gasteiger partial charge in [0.15, 0.2) is 5.69 Å². The van der Waals surface area contributed by atoms with Gasteiger partial charge in [0.1, 0.15) is 19.8 Å². The van der Waals surface area contributed by atoms with Crippen LogP contribution in [0, 0.1) is 0 Å². The highest BCUT2D eigenvalue weighted by Gasteiger charge is 2.30. The normalized spacial score (nSPS) is 13.9. The molecule has 3 aromatic carbocycles. The number of aromatic nitrogens is 2. The summed E-state index contributed by atoms with van der Waals surface area (Å²) in [7, 11) is 0. The number of hydrogen-bond acceptors (Lipinski definition) is 5. The summed E-state index contributed by atoms with van der Waals surface area (Å²) in [5.74, 6) is -1.61. The Bertz CT molecular complexity index is 1570. The Balaban J connectivity index is 1.35. The fourth-order valence-corrected chi connectivity index (χ4v) is 5.26. The van der Waals surface area contributed by atoms with E-state index in [0.717, 1.165) is 49.8 Å². The van der Waals surface area contributed by atoms with Crippen molar-refractivity contribution < 1.29 is 37.4 Å². The molecule has 1 aromatic heterocycles. The number of aromatic carboxylic acids is 1. The minimum Gasteiger partial charge on any atom is -0.476 e. The molecule has 0 saturated heterocycles. The maximum Gasteiger partial charge on any atom is 0.416 e. The van der Waals surface area contributed by atoms with E-state index in [4.69, 9.17) is 9.57 Å². The first-order valence-electron chi connectivity index (χ1n) is 14.4. The lowest BCUT2D eigenvalue weighted by Crippen LogP contribution is -2.43. The lowest BCUT2D eigenvalue weighted by atomic mass is 9.95. The van der Waals surface area contributed by atoms with Crippen molar-refractivity contribution in [3.8, 4) is 17.0 Å². The Morgan fingerprint density at radius 2 is 1.59 bits per heavy atom. The summed E-state index contributed by atoms with van der Waals surface area (Å²) >= 11 is 0. The van der Waals surface area contributed by atoms with Crippen molar-refractivity contribution in [3.05, 3.63) is 107 Å². The standard InChI is InChI=1S/C33H32F3N3O5/c34-33(35,36)26-17-15-24(16-18-26)28-14-8-7-11-25(28)22-43-31-19-29(32(41)42)37-38(31)20-30(40)39(27-12-5-2-6-13-27)44-21-23-9-3-1-4-10-23/h1,3-4,7-11,14-19,27H,2,5-6,12-13,20-22H2,(H,41,42). The minimum absolute atomic E-state index is 0.0486. The molecule has 44 heavy (non-hydrogen) atoms. The predicted molar refractivity (Wildman–Crippen MR) is 155 cm³/mol. The summed E-state index contributed by atoms with van der Waals surface area (Å²) in [6.45, 7) is -0.159. The van der Waals surface area contributed by atoms with Gasteiger partial charge in [0, 0.05) is 6.07 Å². The van der Waals surface area contributed by atoms with E-state index in [1.165, 1.54) is 27.9 Å². The number of halogens is 3. The molecule has 1 saturated carbocycles. The molecule has 1 N–H and O–H groups in total. The maximum atomic E-state index is 13.6. The number of hydroxylamine groups is 2. The molecule has 0 unspecified atom stereocenters. The summed E-state index contributed by atoms with van der Waals surface area (Å²) < 4.78 is 46.4. The van der Waals surface area contributed by atoms with Crippen molar-refractivity contribution >= 4 is 11.9 Å². The van der Waals surface area contributed by atoms with Gasteiger partial charge in [-0.1, -0.05) is 86.0 Å². The first kappa shape index (κ1) is 30.8. The molecule has 0 bridgehead atoms. The number of alkyl halides is 3. The van der Waals surface area contributed by atoms with Gasteiger partial charge < -0.3 is 9.84 Å². The van der Waals surface area contributed by atoms with E-state index in [9.17, 15) is 27.9 Å². The highest BCUT2D eigenvalue weighted by molar-refractivity contribution is 5.86. The van der Waals surface area contributed by atoms with Crippen molar-refractivity contribution in [1.82, 2.24) is 14.8 Å². The number of carbonyl (C=O) groups is 2. The number of hydrogen-bond donors (Lipinski definition) is 1. The summed E-state index contributed by atoms with van der Waals surface area (Å²) in [6, 6.07) is 22.5. The van der Waals surface area contributed by atoms with E-state index in [1.807, 2.05) is 30.3 Å². The van der Waals surface area contributed by atoms with Gasteiger partial charge in [-0.05, 0) is 47.2 Å². The molecule has 1 aliphatic carbocycles. The van der Waals surface area contributed by atoms with Gasteiger partial charge in [0.2, 0.25) is 5.88 Å². The molecule has 1 heterocycles. The van der Waals surface area contributed by atoms with Gasteiger partial charge in [0.05, 0.1) is 11.6 Å². The SMILES string of the molecule is O=C(O)c1cc(OCc2ccccc2-c2ccc(C(F)(F)F)cc2)n(CC(=O)N(OCc2ccccc2)C2CCCCC2)n1. The Hall–Kier alpha value is -4.64. The molecule has 11 heteroatoms. The van der Waals surface area contributed by atoms with Crippen LogP contribution in [0.4, 0.5) is 13.2 Å². The van der Waals surface area contributed by atoms with Crippen molar-refractivity contribution in [3.63, 3.8) is 0 Å². The van der Waals surface area contributed by atoms with E-state index in [0.29, 0.717) is 16.7 Å². The molecule has 1 aliphatic rings.